The number of hydrogen-bond acceptors (Lipinski definition) is 6. The largest absolute Gasteiger partial charge is 0.481 e. The minimum atomic E-state index is 0.270. The molecular weight excluding hydrogens is 234 g/mol. The summed E-state index contributed by atoms with van der Waals surface area (Å²) in [6.45, 7) is 1.84. The summed E-state index contributed by atoms with van der Waals surface area (Å²) in [6, 6.07) is 5.44. The zero-order valence-corrected chi connectivity index (χ0v) is 10.4. The number of pyridine rings is 1. The molecule has 0 atom stereocenters. The van der Waals surface area contributed by atoms with Crippen LogP contribution in [0.3, 0.4) is 0 Å². The topological polar surface area (TPSA) is 66.4 Å². The Balaban J connectivity index is 2.19. The monoisotopic (exact) mass is 247 g/mol. The second-order valence-corrected chi connectivity index (χ2v) is 3.47. The molecule has 2 rings (SSSR count). The van der Waals surface area contributed by atoms with Gasteiger partial charge in [0.1, 0.15) is 5.75 Å². The van der Waals surface area contributed by atoms with Gasteiger partial charge in [-0.3, -0.25) is 0 Å². The van der Waals surface area contributed by atoms with Crippen molar-refractivity contribution in [2.45, 2.75) is 6.92 Å². The molecule has 0 aliphatic rings. The molecule has 94 valence electrons. The number of rotatable bonds is 4. The van der Waals surface area contributed by atoms with Gasteiger partial charge in [-0.2, -0.15) is 4.98 Å². The van der Waals surface area contributed by atoms with Crippen molar-refractivity contribution in [2.75, 3.05) is 14.2 Å². The molecule has 2 aromatic heterocycles. The lowest BCUT2D eigenvalue weighted by molar-refractivity contribution is 0.364. The first-order chi connectivity index (χ1) is 8.71. The molecule has 0 amide bonds. The van der Waals surface area contributed by atoms with Crippen LogP contribution in [0.25, 0.3) is 0 Å². The van der Waals surface area contributed by atoms with Gasteiger partial charge in [-0.25, -0.2) is 9.97 Å². The smallest absolute Gasteiger partial charge is 0.319 e. The molecular formula is C12H13N3O3. The molecule has 0 spiro atoms. The summed E-state index contributed by atoms with van der Waals surface area (Å²) in [5.74, 6) is 1.50. The second kappa shape index (κ2) is 5.31. The molecule has 0 radical (unpaired) electrons. The predicted octanol–water partition coefficient (Wildman–Crippen LogP) is 1.99. The molecule has 0 bridgehead atoms. The number of nitrogens with zero attached hydrogens (tertiary/aromatic N) is 3. The van der Waals surface area contributed by atoms with E-state index in [0.29, 0.717) is 17.5 Å². The minimum absolute atomic E-state index is 0.270. The number of ether oxygens (including phenoxy) is 3. The minimum Gasteiger partial charge on any atom is -0.481 e. The maximum atomic E-state index is 5.55. The summed E-state index contributed by atoms with van der Waals surface area (Å²) in [5, 5.41) is 0. The zero-order valence-electron chi connectivity index (χ0n) is 10.4. The molecule has 0 aromatic carbocycles. The molecule has 0 fully saturated rings. The molecule has 2 heterocycles. The first-order valence-electron chi connectivity index (χ1n) is 5.29. The van der Waals surface area contributed by atoms with E-state index in [-0.39, 0.29) is 6.01 Å². The number of aryl methyl sites for hydroxylation is 1. The van der Waals surface area contributed by atoms with Gasteiger partial charge in [0.15, 0.2) is 0 Å². The average molecular weight is 247 g/mol. The van der Waals surface area contributed by atoms with E-state index in [4.69, 9.17) is 14.2 Å². The van der Waals surface area contributed by atoms with Crippen molar-refractivity contribution in [3.63, 3.8) is 0 Å². The third-order valence-electron chi connectivity index (χ3n) is 2.13. The fraction of sp³-hybridized carbons (Fsp3) is 0.250. The van der Waals surface area contributed by atoms with Crippen LogP contribution in [0.4, 0.5) is 0 Å². The standard InChI is InChI=1S/C12H13N3O3/c1-8-6-11(15-12(14-8)17-3)18-9-4-5-10(16-2)13-7-9/h4-7H,1-3H3. The lowest BCUT2D eigenvalue weighted by atomic mass is 10.4. The second-order valence-electron chi connectivity index (χ2n) is 3.47. The van der Waals surface area contributed by atoms with E-state index in [1.54, 1.807) is 31.5 Å². The average Bonchev–Trinajstić information content (AvgIpc) is 2.39. The van der Waals surface area contributed by atoms with Gasteiger partial charge in [-0.1, -0.05) is 0 Å². The van der Waals surface area contributed by atoms with Crippen LogP contribution in [0.2, 0.25) is 0 Å². The highest BCUT2D eigenvalue weighted by Gasteiger charge is 2.05. The van der Waals surface area contributed by atoms with E-state index in [2.05, 4.69) is 15.0 Å². The molecule has 2 aromatic rings. The van der Waals surface area contributed by atoms with Gasteiger partial charge in [0, 0.05) is 17.8 Å². The highest BCUT2D eigenvalue weighted by atomic mass is 16.5. The van der Waals surface area contributed by atoms with Crippen LogP contribution in [-0.4, -0.2) is 29.2 Å². The summed E-state index contributed by atoms with van der Waals surface area (Å²) in [7, 11) is 3.06. The van der Waals surface area contributed by atoms with Gasteiger partial charge in [-0.15, -0.1) is 0 Å². The molecule has 0 saturated carbocycles. The first kappa shape index (κ1) is 12.1. The Labute approximate surface area is 105 Å². The van der Waals surface area contributed by atoms with Crippen molar-refractivity contribution in [1.29, 1.82) is 0 Å². The maximum Gasteiger partial charge on any atom is 0.319 e. The fourth-order valence-corrected chi connectivity index (χ4v) is 1.33. The highest BCUT2D eigenvalue weighted by molar-refractivity contribution is 5.28. The Kier molecular flexibility index (Phi) is 3.57. The Morgan fingerprint density at radius 1 is 1.00 bits per heavy atom. The third-order valence-corrected chi connectivity index (χ3v) is 2.13. The number of aromatic nitrogens is 3. The highest BCUT2D eigenvalue weighted by Crippen LogP contribution is 2.22. The van der Waals surface area contributed by atoms with Crippen LogP contribution in [-0.2, 0) is 0 Å². The molecule has 0 unspecified atom stereocenters. The molecule has 6 nitrogen and oxygen atoms in total. The van der Waals surface area contributed by atoms with Gasteiger partial charge in [0.25, 0.3) is 0 Å². The van der Waals surface area contributed by atoms with E-state index in [0.717, 1.165) is 5.69 Å². The summed E-state index contributed by atoms with van der Waals surface area (Å²) in [5.41, 5.74) is 0.762. The third kappa shape index (κ3) is 2.85. The molecule has 0 saturated heterocycles. The molecule has 6 heteroatoms. The number of hydrogen-bond donors (Lipinski definition) is 0. The van der Waals surface area contributed by atoms with Crippen molar-refractivity contribution in [1.82, 2.24) is 15.0 Å². The van der Waals surface area contributed by atoms with E-state index >= 15 is 0 Å². The van der Waals surface area contributed by atoms with Crippen LogP contribution < -0.4 is 14.2 Å². The quantitative estimate of drug-likeness (QED) is 0.823. The summed E-state index contributed by atoms with van der Waals surface area (Å²) in [4.78, 5) is 12.2. The Hall–Kier alpha value is -2.37. The lowest BCUT2D eigenvalue weighted by Crippen LogP contribution is -1.97. The van der Waals surface area contributed by atoms with Crippen molar-refractivity contribution in [2.24, 2.45) is 0 Å². The normalized spacial score (nSPS) is 9.94. The van der Waals surface area contributed by atoms with Crippen molar-refractivity contribution < 1.29 is 14.2 Å². The van der Waals surface area contributed by atoms with Crippen molar-refractivity contribution in [3.8, 4) is 23.5 Å². The Bertz CT molecular complexity index is 529. The van der Waals surface area contributed by atoms with Crippen LogP contribution >= 0.6 is 0 Å². The van der Waals surface area contributed by atoms with Gasteiger partial charge in [0.05, 0.1) is 20.4 Å². The lowest BCUT2D eigenvalue weighted by Gasteiger charge is -2.06. The predicted molar refractivity (Wildman–Crippen MR) is 64.2 cm³/mol. The van der Waals surface area contributed by atoms with E-state index in [9.17, 15) is 0 Å². The van der Waals surface area contributed by atoms with Crippen LogP contribution in [0, 0.1) is 6.92 Å². The Morgan fingerprint density at radius 3 is 2.44 bits per heavy atom. The first-order valence-corrected chi connectivity index (χ1v) is 5.29. The van der Waals surface area contributed by atoms with E-state index < -0.39 is 0 Å². The Morgan fingerprint density at radius 2 is 1.83 bits per heavy atom. The van der Waals surface area contributed by atoms with Gasteiger partial charge in [-0.05, 0) is 13.0 Å². The maximum absolute atomic E-state index is 5.55. The van der Waals surface area contributed by atoms with E-state index in [1.807, 2.05) is 6.92 Å². The molecule has 0 N–H and O–H groups in total. The van der Waals surface area contributed by atoms with Crippen LogP contribution in [0.15, 0.2) is 24.4 Å². The van der Waals surface area contributed by atoms with Crippen LogP contribution in [0.5, 0.6) is 23.5 Å². The molecule has 0 aliphatic carbocycles. The van der Waals surface area contributed by atoms with Crippen molar-refractivity contribution in [3.05, 3.63) is 30.1 Å². The van der Waals surface area contributed by atoms with Gasteiger partial charge < -0.3 is 14.2 Å². The summed E-state index contributed by atoms with van der Waals surface area (Å²) < 4.78 is 15.5. The zero-order chi connectivity index (χ0) is 13.0. The van der Waals surface area contributed by atoms with Gasteiger partial charge >= 0.3 is 6.01 Å². The SMILES string of the molecule is COc1ccc(Oc2cc(C)nc(OC)n2)cn1. The van der Waals surface area contributed by atoms with E-state index in [1.165, 1.54) is 7.11 Å². The van der Waals surface area contributed by atoms with Crippen LogP contribution in [0.1, 0.15) is 5.69 Å². The summed E-state index contributed by atoms with van der Waals surface area (Å²) in [6.07, 6.45) is 1.56. The summed E-state index contributed by atoms with van der Waals surface area (Å²) >= 11 is 0. The van der Waals surface area contributed by atoms with Gasteiger partial charge in [0.2, 0.25) is 11.8 Å². The van der Waals surface area contributed by atoms with Crippen molar-refractivity contribution >= 4 is 0 Å². The molecule has 18 heavy (non-hydrogen) atoms. The number of methoxy groups -OCH3 is 2. The fourth-order valence-electron chi connectivity index (χ4n) is 1.33. The molecule has 0 aliphatic heterocycles.